The van der Waals surface area contributed by atoms with Gasteiger partial charge in [0, 0.05) is 41.8 Å². The van der Waals surface area contributed by atoms with Gasteiger partial charge in [0.15, 0.2) is 0 Å². The number of hydrogen-bond acceptors (Lipinski definition) is 5. The maximum Gasteiger partial charge on any atom is 0.329 e. The van der Waals surface area contributed by atoms with Crippen LogP contribution in [0.2, 0.25) is 0 Å². The summed E-state index contributed by atoms with van der Waals surface area (Å²) in [7, 11) is 0.597. The van der Waals surface area contributed by atoms with Crippen LogP contribution < -0.4 is 10.6 Å². The van der Waals surface area contributed by atoms with Gasteiger partial charge in [-0.3, -0.25) is 9.00 Å². The normalized spacial score (nSPS) is 25.2. The minimum absolute atomic E-state index is 0.253. The molecule has 1 aliphatic rings. The third-order valence-electron chi connectivity index (χ3n) is 2.86. The summed E-state index contributed by atoms with van der Waals surface area (Å²) in [5.74, 6) is 0.663. The van der Waals surface area contributed by atoms with E-state index in [9.17, 15) is 13.8 Å². The lowest BCUT2D eigenvalue weighted by atomic mass is 10.1. The largest absolute Gasteiger partial charge is 0.467 e. The second kappa shape index (κ2) is 7.48. The zero-order valence-corrected chi connectivity index (χ0v) is 11.5. The third-order valence-corrected chi connectivity index (χ3v) is 4.24. The molecule has 7 heteroatoms. The zero-order chi connectivity index (χ0) is 13.5. The molecule has 1 saturated heterocycles. The molecule has 2 N–H and O–H groups in total. The second-order valence-electron chi connectivity index (χ2n) is 4.31. The molecular weight excluding hydrogens is 256 g/mol. The number of carbonyl (C=O) groups is 2. The predicted octanol–water partition coefficient (Wildman–Crippen LogP) is -0.835. The third kappa shape index (κ3) is 5.14. The Morgan fingerprint density at radius 1 is 1.39 bits per heavy atom. The molecule has 0 spiro atoms. The van der Waals surface area contributed by atoms with Crippen molar-refractivity contribution in [1.29, 1.82) is 0 Å². The number of amides is 1. The molecule has 1 atom stereocenters. The Kier molecular flexibility index (Phi) is 6.28. The lowest BCUT2D eigenvalue weighted by Crippen LogP contribution is -2.50. The van der Waals surface area contributed by atoms with Crippen molar-refractivity contribution in [2.45, 2.75) is 31.8 Å². The molecule has 1 rings (SSSR count). The summed E-state index contributed by atoms with van der Waals surface area (Å²) in [6.07, 6.45) is 1.67. The summed E-state index contributed by atoms with van der Waals surface area (Å²) in [5, 5.41) is 5.76. The monoisotopic (exact) mass is 276 g/mol. The van der Waals surface area contributed by atoms with Gasteiger partial charge in [-0.2, -0.15) is 0 Å². The van der Waals surface area contributed by atoms with Crippen molar-refractivity contribution in [3.63, 3.8) is 0 Å². The van der Waals surface area contributed by atoms with E-state index in [2.05, 4.69) is 15.4 Å². The van der Waals surface area contributed by atoms with Gasteiger partial charge >= 0.3 is 5.97 Å². The van der Waals surface area contributed by atoms with E-state index >= 15 is 0 Å². The van der Waals surface area contributed by atoms with Gasteiger partial charge in [0.1, 0.15) is 6.04 Å². The minimum atomic E-state index is -0.696. The molecule has 1 aliphatic heterocycles. The summed E-state index contributed by atoms with van der Waals surface area (Å²) in [4.78, 5) is 22.4. The summed E-state index contributed by atoms with van der Waals surface area (Å²) in [6.45, 7) is 1.70. The van der Waals surface area contributed by atoms with Crippen LogP contribution in [-0.2, 0) is 25.1 Å². The van der Waals surface area contributed by atoms with Crippen LogP contribution in [-0.4, -0.2) is 53.3 Å². The van der Waals surface area contributed by atoms with E-state index in [1.165, 1.54) is 14.0 Å². The van der Waals surface area contributed by atoms with Crippen molar-refractivity contribution in [2.75, 3.05) is 25.2 Å². The van der Waals surface area contributed by atoms with Crippen LogP contribution in [0.5, 0.6) is 0 Å². The van der Waals surface area contributed by atoms with E-state index in [0.717, 1.165) is 12.8 Å². The number of carbonyl (C=O) groups excluding carboxylic acids is 2. The highest BCUT2D eigenvalue weighted by atomic mass is 32.2. The van der Waals surface area contributed by atoms with E-state index in [-0.39, 0.29) is 11.9 Å². The Balaban J connectivity index is 2.39. The van der Waals surface area contributed by atoms with E-state index in [1.807, 2.05) is 0 Å². The van der Waals surface area contributed by atoms with E-state index < -0.39 is 22.8 Å². The maximum absolute atomic E-state index is 11.4. The summed E-state index contributed by atoms with van der Waals surface area (Å²) in [5.41, 5.74) is 0. The van der Waals surface area contributed by atoms with Crippen molar-refractivity contribution in [3.05, 3.63) is 0 Å². The summed E-state index contributed by atoms with van der Waals surface area (Å²) >= 11 is 0. The number of rotatable bonds is 5. The van der Waals surface area contributed by atoms with Crippen LogP contribution in [0.3, 0.4) is 0 Å². The zero-order valence-electron chi connectivity index (χ0n) is 10.7. The van der Waals surface area contributed by atoms with E-state index in [0.29, 0.717) is 18.1 Å². The highest BCUT2D eigenvalue weighted by molar-refractivity contribution is 7.85. The fraction of sp³-hybridized carbons (Fsp3) is 0.818. The number of esters is 1. The van der Waals surface area contributed by atoms with Gasteiger partial charge in [-0.15, -0.1) is 0 Å². The quantitative estimate of drug-likeness (QED) is 0.640. The molecule has 1 unspecified atom stereocenters. The van der Waals surface area contributed by atoms with Gasteiger partial charge < -0.3 is 15.4 Å². The highest BCUT2D eigenvalue weighted by Crippen LogP contribution is 2.08. The van der Waals surface area contributed by atoms with Crippen LogP contribution in [0.4, 0.5) is 0 Å². The Morgan fingerprint density at radius 3 is 2.50 bits per heavy atom. The standard InChI is InChI=1S/C11H20N2O4S/c1-8(14)13-10(11(15)17-2)7-12-9-3-5-18(16)6-4-9/h9-10,12H,3-7H2,1-2H3,(H,13,14). The van der Waals surface area contributed by atoms with Crippen molar-refractivity contribution in [2.24, 2.45) is 0 Å². The molecule has 18 heavy (non-hydrogen) atoms. The average molecular weight is 276 g/mol. The van der Waals surface area contributed by atoms with Crippen molar-refractivity contribution >= 4 is 22.7 Å². The SMILES string of the molecule is COC(=O)C(CNC1CCS(=O)CC1)NC(C)=O. The Hall–Kier alpha value is -0.950. The van der Waals surface area contributed by atoms with Crippen LogP contribution >= 0.6 is 0 Å². The number of nitrogens with one attached hydrogen (secondary N) is 2. The first-order valence-corrected chi connectivity index (χ1v) is 7.45. The smallest absolute Gasteiger partial charge is 0.329 e. The average Bonchev–Trinajstić information content (AvgIpc) is 2.35. The molecule has 0 saturated carbocycles. The van der Waals surface area contributed by atoms with Crippen LogP contribution in [0.25, 0.3) is 0 Å². The molecule has 0 aromatic rings. The van der Waals surface area contributed by atoms with Crippen LogP contribution in [0.1, 0.15) is 19.8 Å². The Bertz CT molecular complexity index is 325. The molecule has 0 aromatic carbocycles. The topological polar surface area (TPSA) is 84.5 Å². The van der Waals surface area contributed by atoms with Crippen molar-refractivity contribution in [3.8, 4) is 0 Å². The first kappa shape index (κ1) is 15.1. The molecule has 0 bridgehead atoms. The van der Waals surface area contributed by atoms with Gasteiger partial charge in [-0.25, -0.2) is 4.79 Å². The summed E-state index contributed by atoms with van der Waals surface area (Å²) < 4.78 is 15.8. The molecule has 1 heterocycles. The van der Waals surface area contributed by atoms with Gasteiger partial charge in [0.25, 0.3) is 0 Å². The van der Waals surface area contributed by atoms with Crippen LogP contribution in [0.15, 0.2) is 0 Å². The molecule has 1 fully saturated rings. The predicted molar refractivity (Wildman–Crippen MR) is 68.5 cm³/mol. The van der Waals surface area contributed by atoms with Crippen molar-refractivity contribution < 1.29 is 18.5 Å². The Labute approximate surface area is 109 Å². The lowest BCUT2D eigenvalue weighted by molar-refractivity contribution is -0.144. The second-order valence-corrected chi connectivity index (χ2v) is 6.00. The van der Waals surface area contributed by atoms with E-state index in [1.54, 1.807) is 0 Å². The number of hydrogen-bond donors (Lipinski definition) is 2. The fourth-order valence-electron chi connectivity index (χ4n) is 1.86. The van der Waals surface area contributed by atoms with Gasteiger partial charge in [-0.1, -0.05) is 0 Å². The molecule has 0 radical (unpaired) electrons. The molecule has 0 aromatic heterocycles. The molecular formula is C11H20N2O4S. The fourth-order valence-corrected chi connectivity index (χ4v) is 3.16. The van der Waals surface area contributed by atoms with Gasteiger partial charge in [0.05, 0.1) is 7.11 Å². The molecule has 0 aliphatic carbocycles. The van der Waals surface area contributed by atoms with Crippen molar-refractivity contribution in [1.82, 2.24) is 10.6 Å². The first-order valence-electron chi connectivity index (χ1n) is 5.96. The van der Waals surface area contributed by atoms with Gasteiger partial charge in [0.2, 0.25) is 5.91 Å². The molecule has 6 nitrogen and oxygen atoms in total. The summed E-state index contributed by atoms with van der Waals surface area (Å²) in [6, 6.07) is -0.413. The number of ether oxygens (including phenoxy) is 1. The number of methoxy groups -OCH3 is 1. The first-order chi connectivity index (χ1) is 8.52. The highest BCUT2D eigenvalue weighted by Gasteiger charge is 2.23. The molecule has 104 valence electrons. The van der Waals surface area contributed by atoms with E-state index in [4.69, 9.17) is 0 Å². The maximum atomic E-state index is 11.4. The van der Waals surface area contributed by atoms with Gasteiger partial charge in [-0.05, 0) is 12.8 Å². The van der Waals surface area contributed by atoms with Crippen LogP contribution in [0, 0.1) is 0 Å². The molecule has 1 amide bonds. The lowest BCUT2D eigenvalue weighted by Gasteiger charge is -2.25. The minimum Gasteiger partial charge on any atom is -0.467 e. The Morgan fingerprint density at radius 2 is 2.00 bits per heavy atom.